The SMILES string of the molecule is Nc1ccccc1C(=O)N1CCN(c2ccc(Cl)cc2Cl)C(c2ccc(Cl)cc2)C1. The Labute approximate surface area is 190 Å². The van der Waals surface area contributed by atoms with Gasteiger partial charge in [0.2, 0.25) is 0 Å². The number of anilines is 2. The molecule has 3 aromatic carbocycles. The summed E-state index contributed by atoms with van der Waals surface area (Å²) in [7, 11) is 0. The first-order valence-electron chi connectivity index (χ1n) is 9.55. The van der Waals surface area contributed by atoms with Gasteiger partial charge < -0.3 is 15.5 Å². The molecule has 0 radical (unpaired) electrons. The number of amides is 1. The van der Waals surface area contributed by atoms with Crippen LogP contribution >= 0.6 is 34.8 Å². The second kappa shape index (κ2) is 8.76. The lowest BCUT2D eigenvalue weighted by molar-refractivity contribution is 0.0723. The van der Waals surface area contributed by atoms with Gasteiger partial charge in [0.25, 0.3) is 5.91 Å². The van der Waals surface area contributed by atoms with Gasteiger partial charge in [0.15, 0.2) is 0 Å². The average Bonchev–Trinajstić information content (AvgIpc) is 2.74. The number of hydrogen-bond acceptors (Lipinski definition) is 3. The van der Waals surface area contributed by atoms with Gasteiger partial charge in [0, 0.05) is 35.4 Å². The van der Waals surface area contributed by atoms with E-state index in [4.69, 9.17) is 40.5 Å². The molecule has 1 heterocycles. The van der Waals surface area contributed by atoms with Crippen molar-refractivity contribution in [2.75, 3.05) is 30.3 Å². The molecular formula is C23H20Cl3N3O. The Morgan fingerprint density at radius 2 is 1.60 bits per heavy atom. The fourth-order valence-electron chi connectivity index (χ4n) is 3.80. The summed E-state index contributed by atoms with van der Waals surface area (Å²) in [5, 5.41) is 1.82. The summed E-state index contributed by atoms with van der Waals surface area (Å²) in [4.78, 5) is 17.2. The number of nitrogens with two attached hydrogens (primary N) is 1. The summed E-state index contributed by atoms with van der Waals surface area (Å²) >= 11 is 18.7. The third-order valence-corrected chi connectivity index (χ3v) is 6.12. The minimum Gasteiger partial charge on any atom is -0.398 e. The van der Waals surface area contributed by atoms with Crippen molar-refractivity contribution < 1.29 is 4.79 Å². The molecule has 0 spiro atoms. The number of hydrogen-bond donors (Lipinski definition) is 1. The molecule has 3 aromatic rings. The van der Waals surface area contributed by atoms with Gasteiger partial charge >= 0.3 is 0 Å². The molecule has 4 nitrogen and oxygen atoms in total. The molecule has 2 N–H and O–H groups in total. The zero-order valence-corrected chi connectivity index (χ0v) is 18.3. The highest BCUT2D eigenvalue weighted by Gasteiger charge is 2.32. The zero-order chi connectivity index (χ0) is 21.3. The molecule has 0 aliphatic carbocycles. The fraction of sp³-hybridized carbons (Fsp3) is 0.174. The standard InChI is InChI=1S/C23H20Cl3N3O/c24-16-7-5-15(6-8-16)22-14-28(23(30)18-3-1-2-4-20(18)27)11-12-29(22)21-10-9-17(25)13-19(21)26/h1-10,13,22H,11-12,14,27H2. The lowest BCUT2D eigenvalue weighted by atomic mass is 10.0. The molecule has 1 amide bonds. The molecular weight excluding hydrogens is 441 g/mol. The molecule has 1 atom stereocenters. The Kier molecular flexibility index (Phi) is 6.09. The molecule has 1 fully saturated rings. The van der Waals surface area contributed by atoms with Gasteiger partial charge in [0.1, 0.15) is 0 Å². The van der Waals surface area contributed by atoms with E-state index in [1.807, 2.05) is 53.4 Å². The van der Waals surface area contributed by atoms with Gasteiger partial charge in [-0.3, -0.25) is 4.79 Å². The van der Waals surface area contributed by atoms with Crippen LogP contribution in [0.2, 0.25) is 15.1 Å². The molecule has 0 bridgehead atoms. The lowest BCUT2D eigenvalue weighted by Crippen LogP contribution is -2.50. The van der Waals surface area contributed by atoms with Gasteiger partial charge in [-0.1, -0.05) is 59.1 Å². The maximum absolute atomic E-state index is 13.2. The second-order valence-corrected chi connectivity index (χ2v) is 8.47. The Morgan fingerprint density at radius 3 is 2.30 bits per heavy atom. The number of benzene rings is 3. The van der Waals surface area contributed by atoms with Crippen LogP contribution in [0.4, 0.5) is 11.4 Å². The molecule has 1 aliphatic rings. The molecule has 1 unspecified atom stereocenters. The Hall–Kier alpha value is -2.40. The topological polar surface area (TPSA) is 49.6 Å². The largest absolute Gasteiger partial charge is 0.398 e. The number of piperazine rings is 1. The molecule has 1 aliphatic heterocycles. The number of carbonyl (C=O) groups excluding carboxylic acids is 1. The highest BCUT2D eigenvalue weighted by Crippen LogP contribution is 2.37. The van der Waals surface area contributed by atoms with Crippen molar-refractivity contribution in [1.82, 2.24) is 4.90 Å². The van der Waals surface area contributed by atoms with E-state index in [0.717, 1.165) is 11.3 Å². The van der Waals surface area contributed by atoms with Gasteiger partial charge in [-0.15, -0.1) is 0 Å². The van der Waals surface area contributed by atoms with Gasteiger partial charge in [0.05, 0.1) is 22.3 Å². The van der Waals surface area contributed by atoms with E-state index in [1.165, 1.54) is 0 Å². The first-order chi connectivity index (χ1) is 14.4. The number of para-hydroxylation sites is 1. The van der Waals surface area contributed by atoms with Crippen LogP contribution in [-0.2, 0) is 0 Å². The Morgan fingerprint density at radius 1 is 0.900 bits per heavy atom. The molecule has 4 rings (SSSR count). The van der Waals surface area contributed by atoms with Crippen LogP contribution in [0.5, 0.6) is 0 Å². The van der Waals surface area contributed by atoms with Gasteiger partial charge in [-0.05, 0) is 48.0 Å². The molecule has 0 saturated carbocycles. The summed E-state index contributed by atoms with van der Waals surface area (Å²) in [5.74, 6) is -0.0751. The smallest absolute Gasteiger partial charge is 0.256 e. The molecule has 1 saturated heterocycles. The maximum atomic E-state index is 13.2. The number of carbonyl (C=O) groups is 1. The Balaban J connectivity index is 1.69. The summed E-state index contributed by atoms with van der Waals surface area (Å²) in [6.45, 7) is 1.66. The van der Waals surface area contributed by atoms with E-state index in [0.29, 0.717) is 46.0 Å². The first kappa shape index (κ1) is 20.9. The minimum absolute atomic E-state index is 0.0751. The van der Waals surface area contributed by atoms with E-state index in [2.05, 4.69) is 4.90 Å². The van der Waals surface area contributed by atoms with Crippen molar-refractivity contribution in [2.45, 2.75) is 6.04 Å². The zero-order valence-electron chi connectivity index (χ0n) is 16.1. The van der Waals surface area contributed by atoms with E-state index in [9.17, 15) is 4.79 Å². The van der Waals surface area contributed by atoms with Crippen molar-refractivity contribution >= 4 is 52.1 Å². The van der Waals surface area contributed by atoms with Crippen LogP contribution in [0.25, 0.3) is 0 Å². The summed E-state index contributed by atoms with van der Waals surface area (Å²) < 4.78 is 0. The van der Waals surface area contributed by atoms with Crippen LogP contribution in [-0.4, -0.2) is 30.4 Å². The Bertz CT molecular complexity index is 1070. The summed E-state index contributed by atoms with van der Waals surface area (Å²) in [5.41, 5.74) is 8.97. The van der Waals surface area contributed by atoms with Crippen LogP contribution in [0.15, 0.2) is 66.7 Å². The van der Waals surface area contributed by atoms with Crippen LogP contribution in [0.1, 0.15) is 22.0 Å². The van der Waals surface area contributed by atoms with Gasteiger partial charge in [-0.25, -0.2) is 0 Å². The first-order valence-corrected chi connectivity index (χ1v) is 10.7. The predicted octanol–water partition coefficient (Wildman–Crippen LogP) is 5.93. The number of rotatable bonds is 3. The second-order valence-electron chi connectivity index (χ2n) is 7.19. The highest BCUT2D eigenvalue weighted by molar-refractivity contribution is 6.36. The third-order valence-electron chi connectivity index (χ3n) is 5.33. The van der Waals surface area contributed by atoms with Crippen molar-refractivity contribution in [1.29, 1.82) is 0 Å². The number of nitrogen functional groups attached to an aromatic ring is 1. The molecule has 0 aromatic heterocycles. The van der Waals surface area contributed by atoms with E-state index < -0.39 is 0 Å². The van der Waals surface area contributed by atoms with E-state index in [-0.39, 0.29) is 11.9 Å². The van der Waals surface area contributed by atoms with Crippen molar-refractivity contribution in [3.63, 3.8) is 0 Å². The van der Waals surface area contributed by atoms with E-state index >= 15 is 0 Å². The normalized spacial score (nSPS) is 16.6. The van der Waals surface area contributed by atoms with Crippen LogP contribution in [0, 0.1) is 0 Å². The van der Waals surface area contributed by atoms with Crippen LogP contribution < -0.4 is 10.6 Å². The molecule has 7 heteroatoms. The van der Waals surface area contributed by atoms with Crippen molar-refractivity contribution in [2.24, 2.45) is 0 Å². The monoisotopic (exact) mass is 459 g/mol. The lowest BCUT2D eigenvalue weighted by Gasteiger charge is -2.43. The fourth-order valence-corrected chi connectivity index (χ4v) is 4.45. The van der Waals surface area contributed by atoms with Crippen LogP contribution in [0.3, 0.4) is 0 Å². The average molecular weight is 461 g/mol. The third kappa shape index (κ3) is 4.22. The molecule has 154 valence electrons. The quantitative estimate of drug-likeness (QED) is 0.493. The summed E-state index contributed by atoms with van der Waals surface area (Å²) in [6, 6.07) is 20.2. The maximum Gasteiger partial charge on any atom is 0.256 e. The minimum atomic E-state index is -0.0939. The van der Waals surface area contributed by atoms with Gasteiger partial charge in [-0.2, -0.15) is 0 Å². The molecule has 30 heavy (non-hydrogen) atoms. The van der Waals surface area contributed by atoms with Crippen molar-refractivity contribution in [3.05, 3.63) is 92.9 Å². The number of halogens is 3. The highest BCUT2D eigenvalue weighted by atomic mass is 35.5. The van der Waals surface area contributed by atoms with Crippen molar-refractivity contribution in [3.8, 4) is 0 Å². The number of nitrogens with zero attached hydrogens (tertiary/aromatic N) is 2. The summed E-state index contributed by atoms with van der Waals surface area (Å²) in [6.07, 6.45) is 0. The predicted molar refractivity (Wildman–Crippen MR) is 125 cm³/mol. The van der Waals surface area contributed by atoms with E-state index in [1.54, 1.807) is 18.2 Å².